The standard InChI is InChI=1S/C9H18O4Si/c1-7(2)9(10)12-6-14(11-5)13-8(3)4/h8,14H,1,6H2,2-5H3. The molecule has 1 unspecified atom stereocenters. The fraction of sp³-hybridized carbons (Fsp3) is 0.667. The third-order valence-electron chi connectivity index (χ3n) is 1.39. The lowest BCUT2D eigenvalue weighted by atomic mass is 10.4. The Hall–Kier alpha value is -0.653. The van der Waals surface area contributed by atoms with Crippen molar-refractivity contribution in [3.63, 3.8) is 0 Å². The van der Waals surface area contributed by atoms with E-state index in [0.717, 1.165) is 0 Å². The molecule has 0 aliphatic heterocycles. The Labute approximate surface area is 86.7 Å². The summed E-state index contributed by atoms with van der Waals surface area (Å²) < 4.78 is 15.5. The van der Waals surface area contributed by atoms with Crippen LogP contribution in [0, 0.1) is 0 Å². The van der Waals surface area contributed by atoms with Gasteiger partial charge in [0.1, 0.15) is 6.23 Å². The Bertz CT molecular complexity index is 203. The first-order valence-electron chi connectivity index (χ1n) is 4.48. The molecule has 0 amide bonds. The van der Waals surface area contributed by atoms with E-state index in [1.54, 1.807) is 14.0 Å². The summed E-state index contributed by atoms with van der Waals surface area (Å²) in [5, 5.41) is 0. The molecule has 4 nitrogen and oxygen atoms in total. The second-order valence-electron chi connectivity index (χ2n) is 3.23. The van der Waals surface area contributed by atoms with Crippen molar-refractivity contribution >= 4 is 15.3 Å². The van der Waals surface area contributed by atoms with Gasteiger partial charge in [-0.05, 0) is 20.8 Å². The van der Waals surface area contributed by atoms with E-state index in [1.165, 1.54) is 0 Å². The molecule has 0 aromatic rings. The zero-order valence-electron chi connectivity index (χ0n) is 9.20. The van der Waals surface area contributed by atoms with Crippen molar-refractivity contribution in [1.82, 2.24) is 0 Å². The molecule has 0 N–H and O–H groups in total. The summed E-state index contributed by atoms with van der Waals surface area (Å²) in [5.41, 5.74) is 0.387. The summed E-state index contributed by atoms with van der Waals surface area (Å²) >= 11 is 0. The topological polar surface area (TPSA) is 44.8 Å². The monoisotopic (exact) mass is 218 g/mol. The number of carbonyl (C=O) groups excluding carboxylic acids is 1. The molecule has 82 valence electrons. The molecule has 0 spiro atoms. The third kappa shape index (κ3) is 5.90. The van der Waals surface area contributed by atoms with Gasteiger partial charge in [-0.3, -0.25) is 0 Å². The van der Waals surface area contributed by atoms with Crippen molar-refractivity contribution in [2.75, 3.05) is 13.3 Å². The zero-order valence-corrected chi connectivity index (χ0v) is 10.4. The van der Waals surface area contributed by atoms with Gasteiger partial charge >= 0.3 is 15.3 Å². The highest BCUT2D eigenvalue weighted by molar-refractivity contribution is 6.44. The van der Waals surface area contributed by atoms with E-state index in [1.807, 2.05) is 13.8 Å². The molecule has 0 fully saturated rings. The van der Waals surface area contributed by atoms with Gasteiger partial charge in [0.25, 0.3) is 0 Å². The van der Waals surface area contributed by atoms with Crippen LogP contribution in [0.1, 0.15) is 20.8 Å². The molecule has 0 bridgehead atoms. The Morgan fingerprint density at radius 1 is 1.50 bits per heavy atom. The van der Waals surface area contributed by atoms with Gasteiger partial charge in [-0.15, -0.1) is 0 Å². The predicted molar refractivity (Wildman–Crippen MR) is 56.2 cm³/mol. The van der Waals surface area contributed by atoms with Gasteiger partial charge in [0.2, 0.25) is 0 Å². The van der Waals surface area contributed by atoms with Crippen LogP contribution in [0.2, 0.25) is 0 Å². The van der Waals surface area contributed by atoms with E-state index >= 15 is 0 Å². The number of esters is 1. The van der Waals surface area contributed by atoms with Crippen LogP contribution in [0.3, 0.4) is 0 Å². The molecular weight excluding hydrogens is 200 g/mol. The third-order valence-corrected chi connectivity index (χ3v) is 3.20. The van der Waals surface area contributed by atoms with Crippen LogP contribution in [0.25, 0.3) is 0 Å². The Morgan fingerprint density at radius 2 is 2.07 bits per heavy atom. The van der Waals surface area contributed by atoms with Gasteiger partial charge in [-0.25, -0.2) is 4.79 Å². The van der Waals surface area contributed by atoms with Gasteiger partial charge in [0.05, 0.1) is 0 Å². The minimum atomic E-state index is -1.85. The second-order valence-corrected chi connectivity index (χ2v) is 5.16. The summed E-state index contributed by atoms with van der Waals surface area (Å²) in [6.45, 7) is 8.92. The van der Waals surface area contributed by atoms with Crippen molar-refractivity contribution in [2.45, 2.75) is 26.9 Å². The van der Waals surface area contributed by atoms with Gasteiger partial charge in [0, 0.05) is 18.8 Å². The van der Waals surface area contributed by atoms with E-state index in [4.69, 9.17) is 13.6 Å². The summed E-state index contributed by atoms with van der Waals surface area (Å²) in [6.07, 6.45) is 0.315. The van der Waals surface area contributed by atoms with Crippen molar-refractivity contribution in [3.05, 3.63) is 12.2 Å². The second kappa shape index (κ2) is 6.75. The molecule has 5 heteroatoms. The maximum atomic E-state index is 11.0. The first-order chi connectivity index (χ1) is 6.47. The Morgan fingerprint density at radius 3 is 2.43 bits per heavy atom. The number of ether oxygens (including phenoxy) is 1. The molecule has 14 heavy (non-hydrogen) atoms. The van der Waals surface area contributed by atoms with E-state index in [2.05, 4.69) is 6.58 Å². The predicted octanol–water partition coefficient (Wildman–Crippen LogP) is 0.937. The van der Waals surface area contributed by atoms with E-state index in [-0.39, 0.29) is 12.3 Å². The highest BCUT2D eigenvalue weighted by Gasteiger charge is 2.16. The smallest absolute Gasteiger partial charge is 0.360 e. The van der Waals surface area contributed by atoms with E-state index in [0.29, 0.717) is 5.57 Å². The molecule has 0 radical (unpaired) electrons. The highest BCUT2D eigenvalue weighted by Crippen LogP contribution is 1.98. The van der Waals surface area contributed by atoms with Crippen molar-refractivity contribution < 1.29 is 18.4 Å². The molecule has 0 aromatic heterocycles. The minimum absolute atomic E-state index is 0.0927. The van der Waals surface area contributed by atoms with Gasteiger partial charge in [-0.2, -0.15) is 0 Å². The molecule has 0 aromatic carbocycles. The number of hydrogen-bond donors (Lipinski definition) is 0. The molecule has 0 saturated carbocycles. The number of rotatable bonds is 6. The van der Waals surface area contributed by atoms with Crippen molar-refractivity contribution in [1.29, 1.82) is 0 Å². The maximum Gasteiger partial charge on any atom is 0.360 e. The SMILES string of the molecule is C=C(C)C(=O)OC[SiH](OC)OC(C)C. The molecule has 0 saturated heterocycles. The molecule has 0 aliphatic carbocycles. The summed E-state index contributed by atoms with van der Waals surface area (Å²) in [6, 6.07) is 0. The normalized spacial score (nSPS) is 12.6. The largest absolute Gasteiger partial charge is 0.461 e. The summed E-state index contributed by atoms with van der Waals surface area (Å²) in [4.78, 5) is 11.0. The van der Waals surface area contributed by atoms with Crippen LogP contribution in [-0.2, 0) is 18.4 Å². The van der Waals surface area contributed by atoms with Crippen LogP contribution in [0.15, 0.2) is 12.2 Å². The van der Waals surface area contributed by atoms with Gasteiger partial charge in [-0.1, -0.05) is 6.58 Å². The molecular formula is C9H18O4Si. The van der Waals surface area contributed by atoms with Gasteiger partial charge < -0.3 is 13.6 Å². The average molecular weight is 218 g/mol. The first kappa shape index (κ1) is 13.3. The quantitative estimate of drug-likeness (QED) is 0.378. The minimum Gasteiger partial charge on any atom is -0.461 e. The highest BCUT2D eigenvalue weighted by atomic mass is 28.3. The maximum absolute atomic E-state index is 11.0. The zero-order chi connectivity index (χ0) is 11.1. The fourth-order valence-corrected chi connectivity index (χ4v) is 1.95. The summed E-state index contributed by atoms with van der Waals surface area (Å²) in [7, 11) is -0.289. The molecule has 1 atom stereocenters. The lowest BCUT2D eigenvalue weighted by molar-refractivity contribution is -0.137. The van der Waals surface area contributed by atoms with Crippen LogP contribution in [0.4, 0.5) is 0 Å². The fourth-order valence-electron chi connectivity index (χ4n) is 0.733. The van der Waals surface area contributed by atoms with E-state index in [9.17, 15) is 4.79 Å². The summed E-state index contributed by atoms with van der Waals surface area (Å²) in [5.74, 6) is -0.396. The lowest BCUT2D eigenvalue weighted by Crippen LogP contribution is -2.32. The number of hydrogen-bond acceptors (Lipinski definition) is 4. The van der Waals surface area contributed by atoms with E-state index < -0.39 is 15.3 Å². The van der Waals surface area contributed by atoms with Crippen LogP contribution in [-0.4, -0.2) is 34.7 Å². The molecule has 0 aliphatic rings. The van der Waals surface area contributed by atoms with Crippen LogP contribution < -0.4 is 0 Å². The molecule has 0 heterocycles. The Balaban J connectivity index is 3.83. The van der Waals surface area contributed by atoms with Crippen LogP contribution in [0.5, 0.6) is 0 Å². The van der Waals surface area contributed by atoms with Gasteiger partial charge in [0.15, 0.2) is 0 Å². The average Bonchev–Trinajstić information content (AvgIpc) is 2.10. The molecule has 0 rings (SSSR count). The van der Waals surface area contributed by atoms with Crippen molar-refractivity contribution in [3.8, 4) is 0 Å². The van der Waals surface area contributed by atoms with Crippen LogP contribution >= 0.6 is 0 Å². The first-order valence-corrected chi connectivity index (χ1v) is 6.24. The Kier molecular flexibility index (Phi) is 6.43. The number of carbonyl (C=O) groups is 1. The van der Waals surface area contributed by atoms with Crippen molar-refractivity contribution in [2.24, 2.45) is 0 Å². The lowest BCUT2D eigenvalue weighted by Gasteiger charge is -2.16.